The number of fused-ring (bicyclic) bond motifs is 6. The minimum Gasteiger partial charge on any atom is -0.397 e. The summed E-state index contributed by atoms with van der Waals surface area (Å²) < 4.78 is 77.0. The quantitative estimate of drug-likeness (QED) is 0.181. The Morgan fingerprint density at radius 3 is 2.43 bits per heavy atom. The van der Waals surface area contributed by atoms with Crippen LogP contribution in [0.1, 0.15) is 18.9 Å². The normalized spacial score (nSPS) is 36.6. The van der Waals surface area contributed by atoms with Gasteiger partial charge in [-0.05, 0) is 6.07 Å². The molecule has 23 heteroatoms. The molecule has 0 radical (unpaired) electrons. The van der Waals surface area contributed by atoms with Gasteiger partial charge in [0.2, 0.25) is 5.95 Å². The topological polar surface area (TPSA) is 276 Å². The van der Waals surface area contributed by atoms with E-state index in [0.29, 0.717) is 11.2 Å². The van der Waals surface area contributed by atoms with Crippen LogP contribution in [0.2, 0.25) is 0 Å². The summed E-state index contributed by atoms with van der Waals surface area (Å²) in [6.07, 6.45) is -6.89. The minimum absolute atomic E-state index is 0.110. The number of nitrogen functional groups attached to an aromatic ring is 2. The Morgan fingerprint density at radius 1 is 0.932 bits per heavy atom. The number of phosphoric acid groups is 2. The summed E-state index contributed by atoms with van der Waals surface area (Å²) in [6, 6.07) is 1.54. The number of phosphoric ester groups is 2. The van der Waals surface area contributed by atoms with Crippen LogP contribution in [0, 0.1) is 0 Å². The first-order valence-corrected chi connectivity index (χ1v) is 15.9. The van der Waals surface area contributed by atoms with Crippen LogP contribution in [0.4, 0.5) is 16.0 Å². The van der Waals surface area contributed by atoms with E-state index < -0.39 is 77.5 Å². The van der Waals surface area contributed by atoms with Crippen LogP contribution < -0.4 is 17.0 Å². The fourth-order valence-corrected chi connectivity index (χ4v) is 7.20. The number of aromatic nitrogens is 7. The van der Waals surface area contributed by atoms with E-state index >= 15 is 4.39 Å². The van der Waals surface area contributed by atoms with Gasteiger partial charge in [0.1, 0.15) is 23.8 Å². The smallest absolute Gasteiger partial charge is 0.397 e. The highest BCUT2D eigenvalue weighted by Crippen LogP contribution is 2.54. The minimum atomic E-state index is -5.03. The molecule has 236 valence electrons. The number of halogens is 1. The van der Waals surface area contributed by atoms with Crippen molar-refractivity contribution in [2.24, 2.45) is 0 Å². The lowest BCUT2D eigenvalue weighted by Gasteiger charge is -2.24. The molecule has 0 aliphatic carbocycles. The number of ether oxygens (including phenoxy) is 2. The fraction of sp³-hybridized carbons (Fsp3) is 0.476. The van der Waals surface area contributed by atoms with Crippen molar-refractivity contribution in [3.63, 3.8) is 0 Å². The number of alkyl halides is 1. The Labute approximate surface area is 244 Å². The van der Waals surface area contributed by atoms with Crippen molar-refractivity contribution < 1.29 is 50.9 Å². The molecule has 3 aliphatic rings. The maximum Gasteiger partial charge on any atom is 0.472 e. The van der Waals surface area contributed by atoms with Crippen LogP contribution in [0.3, 0.4) is 0 Å². The van der Waals surface area contributed by atoms with E-state index in [9.17, 15) is 23.7 Å². The van der Waals surface area contributed by atoms with E-state index in [2.05, 4.69) is 24.9 Å². The number of pyridine rings is 1. The maximum atomic E-state index is 15.8. The second-order valence-corrected chi connectivity index (χ2v) is 12.9. The Morgan fingerprint density at radius 2 is 1.64 bits per heavy atom. The Kier molecular flexibility index (Phi) is 7.09. The lowest BCUT2D eigenvalue weighted by molar-refractivity contribution is -0.0670. The molecule has 4 aromatic heterocycles. The molecule has 0 amide bonds. The molecule has 0 aromatic carbocycles. The van der Waals surface area contributed by atoms with E-state index in [0.717, 1.165) is 10.9 Å². The Bertz CT molecular complexity index is 1900. The third-order valence-corrected chi connectivity index (χ3v) is 9.25. The van der Waals surface area contributed by atoms with Gasteiger partial charge in [-0.3, -0.25) is 37.0 Å². The summed E-state index contributed by atoms with van der Waals surface area (Å²) in [4.78, 5) is 52.1. The van der Waals surface area contributed by atoms with Gasteiger partial charge in [0.25, 0.3) is 5.56 Å². The highest BCUT2D eigenvalue weighted by atomic mass is 31.2. The van der Waals surface area contributed by atoms with Crippen LogP contribution in [-0.2, 0) is 36.7 Å². The van der Waals surface area contributed by atoms with Crippen molar-refractivity contribution >= 4 is 49.6 Å². The van der Waals surface area contributed by atoms with Gasteiger partial charge in [0.15, 0.2) is 35.4 Å². The number of anilines is 2. The summed E-state index contributed by atoms with van der Waals surface area (Å²) in [5.41, 5.74) is 11.5. The summed E-state index contributed by atoms with van der Waals surface area (Å²) in [5.74, 6) is -0.291. The summed E-state index contributed by atoms with van der Waals surface area (Å²) in [5, 5.41) is 0. The number of hydrogen-bond acceptors (Lipinski definition) is 15. The zero-order valence-corrected chi connectivity index (χ0v) is 23.9. The standard InChI is InChI=1S/C21H24FN9O11P2/c22-12-11-5-38-43(33,34)41-10-3-8(39-19(10)30-6-26-13-9(23)1-2-25-16(13)30)4-37-44(35,36)42-15(12)20(40-11)31-7-27-14-17(31)28-21(24)29-18(14)32/h1-2,6-8,10-12,15,19-20H,3-5H2,(H2,23,25)(H,33,34)(H,35,36)(H3,24,28,29,32)/t8-,10+,11+,12+,15+,19+,20+/m0/s1. The summed E-state index contributed by atoms with van der Waals surface area (Å²) >= 11 is 0. The number of nitrogens with two attached hydrogens (primary N) is 2. The van der Waals surface area contributed by atoms with Crippen LogP contribution in [0.5, 0.6) is 0 Å². The number of H-pyrrole nitrogens is 1. The highest BCUT2D eigenvalue weighted by molar-refractivity contribution is 7.47. The van der Waals surface area contributed by atoms with E-state index in [1.54, 1.807) is 0 Å². The van der Waals surface area contributed by atoms with Gasteiger partial charge in [0.05, 0.1) is 37.7 Å². The van der Waals surface area contributed by atoms with E-state index in [1.165, 1.54) is 23.2 Å². The zero-order valence-electron chi connectivity index (χ0n) is 22.2. The molecule has 7 N–H and O–H groups in total. The number of hydrogen-bond donors (Lipinski definition) is 5. The molecule has 4 bridgehead atoms. The molecule has 4 aromatic rings. The molecular formula is C21H24FN9O11P2. The maximum absolute atomic E-state index is 15.8. The van der Waals surface area contributed by atoms with Crippen LogP contribution in [-0.4, -0.2) is 87.6 Å². The predicted octanol–water partition coefficient (Wildman–Crippen LogP) is 0.270. The third-order valence-electron chi connectivity index (χ3n) is 7.25. The van der Waals surface area contributed by atoms with Crippen molar-refractivity contribution in [2.75, 3.05) is 24.7 Å². The molecule has 7 rings (SSSR count). The largest absolute Gasteiger partial charge is 0.472 e. The summed E-state index contributed by atoms with van der Waals surface area (Å²) in [7, 11) is -9.95. The van der Waals surface area contributed by atoms with Crippen molar-refractivity contribution in [1.29, 1.82) is 0 Å². The number of nitrogens with zero attached hydrogens (tertiary/aromatic N) is 6. The highest BCUT2D eigenvalue weighted by Gasteiger charge is 2.52. The number of imidazole rings is 2. The number of rotatable bonds is 2. The predicted molar refractivity (Wildman–Crippen MR) is 143 cm³/mol. The second kappa shape index (κ2) is 10.6. The molecule has 3 aliphatic heterocycles. The Hall–Kier alpha value is -3.36. The monoisotopic (exact) mass is 659 g/mol. The molecule has 2 unspecified atom stereocenters. The van der Waals surface area contributed by atoms with Gasteiger partial charge < -0.3 is 30.7 Å². The number of aromatic amines is 1. The van der Waals surface area contributed by atoms with Gasteiger partial charge in [-0.1, -0.05) is 0 Å². The van der Waals surface area contributed by atoms with Gasteiger partial charge in [-0.2, -0.15) is 4.98 Å². The van der Waals surface area contributed by atoms with Crippen LogP contribution in [0.15, 0.2) is 29.7 Å². The van der Waals surface area contributed by atoms with Crippen molar-refractivity contribution in [1.82, 2.24) is 34.1 Å². The van der Waals surface area contributed by atoms with Gasteiger partial charge in [-0.25, -0.2) is 28.5 Å². The molecular weight excluding hydrogens is 635 g/mol. The number of nitrogens with one attached hydrogen (secondary N) is 1. The fourth-order valence-electron chi connectivity index (χ4n) is 5.33. The molecule has 7 heterocycles. The van der Waals surface area contributed by atoms with Crippen molar-refractivity contribution in [3.8, 4) is 0 Å². The molecule has 44 heavy (non-hydrogen) atoms. The van der Waals surface area contributed by atoms with Crippen LogP contribution in [0.25, 0.3) is 22.3 Å². The molecule has 9 atom stereocenters. The Balaban J connectivity index is 1.21. The second-order valence-electron chi connectivity index (χ2n) is 10.1. The zero-order chi connectivity index (χ0) is 31.0. The van der Waals surface area contributed by atoms with Crippen LogP contribution >= 0.6 is 15.6 Å². The molecule has 20 nitrogen and oxygen atoms in total. The first-order valence-electron chi connectivity index (χ1n) is 12.9. The van der Waals surface area contributed by atoms with Crippen molar-refractivity contribution in [2.45, 2.75) is 49.5 Å². The summed E-state index contributed by atoms with van der Waals surface area (Å²) in [6.45, 7) is -1.44. The van der Waals surface area contributed by atoms with E-state index in [4.69, 9.17) is 39.0 Å². The molecule has 0 saturated carbocycles. The third kappa shape index (κ3) is 5.20. The molecule has 3 saturated heterocycles. The van der Waals surface area contributed by atoms with Gasteiger partial charge in [0, 0.05) is 12.6 Å². The molecule has 3 fully saturated rings. The van der Waals surface area contributed by atoms with Gasteiger partial charge >= 0.3 is 15.6 Å². The van der Waals surface area contributed by atoms with E-state index in [-0.39, 0.29) is 29.2 Å². The lowest BCUT2D eigenvalue weighted by atomic mass is 10.1. The van der Waals surface area contributed by atoms with E-state index in [1.807, 2.05) is 0 Å². The van der Waals surface area contributed by atoms with Crippen molar-refractivity contribution in [3.05, 3.63) is 35.3 Å². The molecule has 0 spiro atoms. The first-order chi connectivity index (χ1) is 20.9. The lowest BCUT2D eigenvalue weighted by Crippen LogP contribution is -2.32. The first kappa shape index (κ1) is 29.4. The van der Waals surface area contributed by atoms with Gasteiger partial charge in [-0.15, -0.1) is 0 Å². The average molecular weight is 659 g/mol. The average Bonchev–Trinajstić information content (AvgIpc) is 3.72. The SMILES string of the molecule is Nc1nc2c(ncn2[C@@H]2O[C@@H]3COP(=O)(O)O[C@@H]4C[C@@H](COP(=O)(O)O[C@@H]2[C@@H]3F)O[C@H]4n2cnc3c(N)ccnc32)c(=O)[nH]1.